The van der Waals surface area contributed by atoms with E-state index in [0.29, 0.717) is 0 Å². The minimum atomic E-state index is -0.178. The van der Waals surface area contributed by atoms with E-state index in [1.807, 2.05) is 18.2 Å². The Morgan fingerprint density at radius 2 is 2.00 bits per heavy atom. The van der Waals surface area contributed by atoms with Crippen molar-refractivity contribution < 1.29 is 0 Å². The summed E-state index contributed by atoms with van der Waals surface area (Å²) < 4.78 is 1.03. The Kier molecular flexibility index (Phi) is 1.88. The number of nitrogens with two attached hydrogens (primary N) is 1. The second-order valence-corrected chi connectivity index (χ2v) is 5.02. The maximum Gasteiger partial charge on any atom is 0.0751 e. The Morgan fingerprint density at radius 1 is 1.27 bits per heavy atom. The Bertz CT molecular complexity index is 532. The van der Waals surface area contributed by atoms with Crippen molar-refractivity contribution in [2.24, 2.45) is 5.73 Å². The summed E-state index contributed by atoms with van der Waals surface area (Å²) in [4.78, 5) is 4.64. The van der Waals surface area contributed by atoms with Gasteiger partial charge in [-0.1, -0.05) is 18.2 Å². The summed E-state index contributed by atoms with van der Waals surface area (Å²) in [5.41, 5.74) is 8.01. The molecule has 0 saturated heterocycles. The molecule has 2 aromatic rings. The first-order valence-corrected chi connectivity index (χ1v) is 5.83. The molecule has 0 unspecified atom stereocenters. The highest BCUT2D eigenvalue weighted by Crippen LogP contribution is 2.45. The number of aromatic nitrogens is 1. The smallest absolute Gasteiger partial charge is 0.0751 e. The quantitative estimate of drug-likeness (QED) is 0.859. The van der Waals surface area contributed by atoms with Crippen molar-refractivity contribution in [2.75, 3.05) is 0 Å². The van der Waals surface area contributed by atoms with Gasteiger partial charge in [0.2, 0.25) is 0 Å². The van der Waals surface area contributed by atoms with E-state index in [1.165, 1.54) is 0 Å². The number of rotatable bonds is 1. The minimum absolute atomic E-state index is 0.178. The van der Waals surface area contributed by atoms with Crippen LogP contribution in [0, 0.1) is 0 Å². The fraction of sp³-hybridized carbons (Fsp3) is 0.250. The number of benzene rings is 1. The average Bonchev–Trinajstić information content (AvgIpc) is 2.96. The zero-order valence-corrected chi connectivity index (χ0v) is 9.79. The zero-order valence-electron chi connectivity index (χ0n) is 8.20. The van der Waals surface area contributed by atoms with E-state index < -0.39 is 0 Å². The van der Waals surface area contributed by atoms with Crippen LogP contribution in [0.3, 0.4) is 0 Å². The summed E-state index contributed by atoms with van der Waals surface area (Å²) in [6.07, 6.45) is 2.08. The molecule has 2 nitrogen and oxygen atoms in total. The molecular formula is C12H11BrN2. The number of para-hydroxylation sites is 1. The molecule has 1 heterocycles. The predicted octanol–water partition coefficient (Wildman–Crippen LogP) is 2.95. The van der Waals surface area contributed by atoms with Crippen LogP contribution in [0.2, 0.25) is 0 Å². The molecule has 1 aliphatic carbocycles. The molecule has 15 heavy (non-hydrogen) atoms. The largest absolute Gasteiger partial charge is 0.320 e. The molecule has 0 spiro atoms. The molecule has 1 fully saturated rings. The van der Waals surface area contributed by atoms with Crippen LogP contribution < -0.4 is 5.73 Å². The van der Waals surface area contributed by atoms with Crippen LogP contribution in [0.15, 0.2) is 34.8 Å². The summed E-state index contributed by atoms with van der Waals surface area (Å²) in [6, 6.07) is 10.2. The zero-order chi connectivity index (χ0) is 10.5. The molecule has 0 atom stereocenters. The van der Waals surface area contributed by atoms with E-state index in [2.05, 4.69) is 33.0 Å². The van der Waals surface area contributed by atoms with E-state index in [0.717, 1.165) is 33.9 Å². The average molecular weight is 263 g/mol. The van der Waals surface area contributed by atoms with Gasteiger partial charge in [-0.15, -0.1) is 0 Å². The van der Waals surface area contributed by atoms with Crippen LogP contribution in [0.4, 0.5) is 0 Å². The second-order valence-electron chi connectivity index (χ2n) is 4.17. The first-order chi connectivity index (χ1) is 7.19. The van der Waals surface area contributed by atoms with Crippen molar-refractivity contribution in [1.82, 2.24) is 4.98 Å². The van der Waals surface area contributed by atoms with Crippen molar-refractivity contribution in [3.63, 3.8) is 0 Å². The number of pyridine rings is 1. The summed E-state index contributed by atoms with van der Waals surface area (Å²) in [7, 11) is 0. The van der Waals surface area contributed by atoms with Crippen LogP contribution in [0.1, 0.15) is 18.5 Å². The lowest BCUT2D eigenvalue weighted by molar-refractivity contribution is 0.707. The maximum absolute atomic E-state index is 6.17. The first kappa shape index (κ1) is 9.31. The highest BCUT2D eigenvalue weighted by molar-refractivity contribution is 9.10. The second kappa shape index (κ2) is 3.03. The molecule has 1 saturated carbocycles. The van der Waals surface area contributed by atoms with E-state index in [4.69, 9.17) is 5.73 Å². The van der Waals surface area contributed by atoms with E-state index >= 15 is 0 Å². The van der Waals surface area contributed by atoms with E-state index in [-0.39, 0.29) is 5.54 Å². The topological polar surface area (TPSA) is 38.9 Å². The fourth-order valence-corrected chi connectivity index (χ4v) is 2.54. The summed E-state index contributed by atoms with van der Waals surface area (Å²) in [5.74, 6) is 0. The lowest BCUT2D eigenvalue weighted by atomic mass is 10.1. The van der Waals surface area contributed by atoms with Gasteiger partial charge >= 0.3 is 0 Å². The van der Waals surface area contributed by atoms with Crippen molar-refractivity contribution in [1.29, 1.82) is 0 Å². The monoisotopic (exact) mass is 262 g/mol. The van der Waals surface area contributed by atoms with Crippen LogP contribution >= 0.6 is 15.9 Å². The van der Waals surface area contributed by atoms with Gasteiger partial charge in [-0.25, -0.2) is 4.98 Å². The van der Waals surface area contributed by atoms with Gasteiger partial charge in [-0.2, -0.15) is 0 Å². The minimum Gasteiger partial charge on any atom is -0.320 e. The molecule has 1 aliphatic rings. The standard InChI is InChI=1S/C12H11BrN2/c13-9-7-8-3-1-2-4-10(8)15-11(9)12(14)5-6-12/h1-4,7H,5-6,14H2. The van der Waals surface area contributed by atoms with Gasteiger partial charge in [0, 0.05) is 9.86 Å². The molecule has 1 aromatic carbocycles. The van der Waals surface area contributed by atoms with Gasteiger partial charge in [0.25, 0.3) is 0 Å². The third-order valence-corrected chi connectivity index (χ3v) is 3.54. The Balaban J connectivity index is 2.27. The number of hydrogen-bond donors (Lipinski definition) is 1. The van der Waals surface area contributed by atoms with Crippen LogP contribution in [0.5, 0.6) is 0 Å². The van der Waals surface area contributed by atoms with Gasteiger partial charge in [0.05, 0.1) is 16.7 Å². The van der Waals surface area contributed by atoms with Crippen LogP contribution in [-0.2, 0) is 5.54 Å². The third-order valence-electron chi connectivity index (χ3n) is 2.94. The van der Waals surface area contributed by atoms with Crippen molar-refractivity contribution >= 4 is 26.8 Å². The van der Waals surface area contributed by atoms with E-state index in [1.54, 1.807) is 0 Å². The fourth-order valence-electron chi connectivity index (χ4n) is 1.81. The van der Waals surface area contributed by atoms with Crippen molar-refractivity contribution in [3.05, 3.63) is 40.5 Å². The van der Waals surface area contributed by atoms with Gasteiger partial charge in [0.15, 0.2) is 0 Å². The molecule has 1 aromatic heterocycles. The number of hydrogen-bond acceptors (Lipinski definition) is 2. The van der Waals surface area contributed by atoms with Gasteiger partial charge < -0.3 is 5.73 Å². The van der Waals surface area contributed by atoms with Crippen LogP contribution in [-0.4, -0.2) is 4.98 Å². The highest BCUT2D eigenvalue weighted by Gasteiger charge is 2.42. The van der Waals surface area contributed by atoms with Crippen LogP contribution in [0.25, 0.3) is 10.9 Å². The molecule has 76 valence electrons. The Labute approximate surface area is 96.6 Å². The Morgan fingerprint density at radius 3 is 2.73 bits per heavy atom. The number of fused-ring (bicyclic) bond motifs is 1. The first-order valence-electron chi connectivity index (χ1n) is 5.04. The highest BCUT2D eigenvalue weighted by atomic mass is 79.9. The molecule has 0 aliphatic heterocycles. The molecule has 0 radical (unpaired) electrons. The summed E-state index contributed by atoms with van der Waals surface area (Å²) in [6.45, 7) is 0. The normalized spacial score (nSPS) is 18.0. The van der Waals surface area contributed by atoms with Gasteiger partial charge in [-0.3, -0.25) is 0 Å². The lowest BCUT2D eigenvalue weighted by Crippen LogP contribution is -2.21. The lowest BCUT2D eigenvalue weighted by Gasteiger charge is -2.11. The number of halogens is 1. The maximum atomic E-state index is 6.17. The van der Waals surface area contributed by atoms with Gasteiger partial charge in [0.1, 0.15) is 0 Å². The molecule has 0 bridgehead atoms. The number of nitrogens with zero attached hydrogens (tertiary/aromatic N) is 1. The predicted molar refractivity (Wildman–Crippen MR) is 64.5 cm³/mol. The Hall–Kier alpha value is -0.930. The molecule has 2 N–H and O–H groups in total. The van der Waals surface area contributed by atoms with Crippen molar-refractivity contribution in [2.45, 2.75) is 18.4 Å². The van der Waals surface area contributed by atoms with E-state index in [9.17, 15) is 0 Å². The summed E-state index contributed by atoms with van der Waals surface area (Å²) >= 11 is 3.55. The van der Waals surface area contributed by atoms with Gasteiger partial charge in [-0.05, 0) is 40.9 Å². The molecule has 3 heteroatoms. The van der Waals surface area contributed by atoms with Crippen molar-refractivity contribution in [3.8, 4) is 0 Å². The third kappa shape index (κ3) is 1.46. The summed E-state index contributed by atoms with van der Waals surface area (Å²) in [5, 5.41) is 1.15. The molecular weight excluding hydrogens is 252 g/mol. The molecule has 0 amide bonds. The SMILES string of the molecule is NC1(c2nc3ccccc3cc2Br)CC1. The molecule has 3 rings (SSSR count).